The molecule has 0 unspecified atom stereocenters. The minimum absolute atomic E-state index is 0.0104. The van der Waals surface area contributed by atoms with Crippen molar-refractivity contribution in [2.75, 3.05) is 0 Å². The maximum atomic E-state index is 12.0. The van der Waals surface area contributed by atoms with E-state index in [9.17, 15) is 14.4 Å². The van der Waals surface area contributed by atoms with Gasteiger partial charge in [-0.1, -0.05) is 11.6 Å². The zero-order valence-electron chi connectivity index (χ0n) is 10.1. The molecule has 0 bridgehead atoms. The Bertz CT molecular complexity index is 729. The van der Waals surface area contributed by atoms with E-state index in [4.69, 9.17) is 11.6 Å². The number of hydrogen-bond acceptors (Lipinski definition) is 4. The predicted octanol–water partition coefficient (Wildman–Crippen LogP) is 1.70. The van der Waals surface area contributed by atoms with Crippen LogP contribution in [0.5, 0.6) is 0 Å². The number of nitrogens with one attached hydrogen (secondary N) is 1. The SMILES string of the molecule is CC(=O)c1c[nH]c(=O)n(CCc2ccc(Cl)s2)c1=O. The van der Waals surface area contributed by atoms with Gasteiger partial charge in [0.15, 0.2) is 5.78 Å². The highest BCUT2D eigenvalue weighted by molar-refractivity contribution is 7.16. The van der Waals surface area contributed by atoms with Crippen molar-refractivity contribution in [2.24, 2.45) is 0 Å². The first-order valence-corrected chi connectivity index (χ1v) is 6.76. The molecule has 7 heteroatoms. The van der Waals surface area contributed by atoms with Crippen LogP contribution in [-0.2, 0) is 13.0 Å². The molecule has 2 heterocycles. The number of H-pyrrole nitrogens is 1. The molecule has 0 aliphatic rings. The van der Waals surface area contributed by atoms with E-state index < -0.39 is 11.2 Å². The van der Waals surface area contributed by atoms with Crippen molar-refractivity contribution >= 4 is 28.7 Å². The number of rotatable bonds is 4. The number of carbonyl (C=O) groups is 1. The average Bonchev–Trinajstić information content (AvgIpc) is 2.74. The molecule has 19 heavy (non-hydrogen) atoms. The summed E-state index contributed by atoms with van der Waals surface area (Å²) in [4.78, 5) is 38.2. The number of aromatic nitrogens is 2. The Morgan fingerprint density at radius 2 is 2.16 bits per heavy atom. The molecule has 0 aliphatic heterocycles. The molecular weight excluding hydrogens is 288 g/mol. The minimum atomic E-state index is -0.557. The summed E-state index contributed by atoms with van der Waals surface area (Å²) in [5.41, 5.74) is -1.08. The summed E-state index contributed by atoms with van der Waals surface area (Å²) >= 11 is 7.21. The first-order valence-electron chi connectivity index (χ1n) is 5.56. The molecule has 0 aliphatic carbocycles. The number of Topliss-reactive ketones (excluding diaryl/α,β-unsaturated/α-hetero) is 1. The Labute approximate surface area is 117 Å². The van der Waals surface area contributed by atoms with Crippen LogP contribution < -0.4 is 11.2 Å². The van der Waals surface area contributed by atoms with Crippen molar-refractivity contribution in [1.82, 2.24) is 9.55 Å². The zero-order valence-corrected chi connectivity index (χ0v) is 11.7. The lowest BCUT2D eigenvalue weighted by Gasteiger charge is -2.04. The molecule has 2 rings (SSSR count). The van der Waals surface area contributed by atoms with Gasteiger partial charge in [-0.15, -0.1) is 11.3 Å². The van der Waals surface area contributed by atoms with Gasteiger partial charge in [-0.05, 0) is 19.1 Å². The molecule has 100 valence electrons. The van der Waals surface area contributed by atoms with Gasteiger partial charge in [0.2, 0.25) is 0 Å². The fraction of sp³-hybridized carbons (Fsp3) is 0.250. The van der Waals surface area contributed by atoms with Crippen LogP contribution in [0.2, 0.25) is 4.34 Å². The third-order valence-corrected chi connectivity index (χ3v) is 3.94. The molecule has 2 aromatic rings. The van der Waals surface area contributed by atoms with E-state index in [-0.39, 0.29) is 17.9 Å². The maximum absolute atomic E-state index is 12.0. The second-order valence-corrected chi connectivity index (χ2v) is 5.78. The lowest BCUT2D eigenvalue weighted by molar-refractivity contribution is 0.101. The molecule has 0 radical (unpaired) electrons. The van der Waals surface area contributed by atoms with Gasteiger partial charge in [0.1, 0.15) is 0 Å². The normalized spacial score (nSPS) is 10.6. The van der Waals surface area contributed by atoms with Crippen LogP contribution in [0.25, 0.3) is 0 Å². The predicted molar refractivity (Wildman–Crippen MR) is 74.4 cm³/mol. The molecule has 1 N–H and O–H groups in total. The van der Waals surface area contributed by atoms with E-state index in [1.807, 2.05) is 6.07 Å². The Morgan fingerprint density at radius 3 is 2.74 bits per heavy atom. The topological polar surface area (TPSA) is 71.9 Å². The van der Waals surface area contributed by atoms with E-state index in [2.05, 4.69) is 4.98 Å². The van der Waals surface area contributed by atoms with Gasteiger partial charge < -0.3 is 4.98 Å². The van der Waals surface area contributed by atoms with Crippen molar-refractivity contribution in [3.63, 3.8) is 0 Å². The monoisotopic (exact) mass is 298 g/mol. The first-order chi connectivity index (χ1) is 8.99. The molecule has 0 atom stereocenters. The molecule has 0 fully saturated rings. The van der Waals surface area contributed by atoms with Crippen LogP contribution in [0.15, 0.2) is 27.9 Å². The van der Waals surface area contributed by atoms with Crippen molar-refractivity contribution < 1.29 is 4.79 Å². The standard InChI is InChI=1S/C12H11ClN2O3S/c1-7(16)9-6-14-12(18)15(11(9)17)5-4-8-2-3-10(13)19-8/h2-3,6H,4-5H2,1H3,(H,14,18). The van der Waals surface area contributed by atoms with Gasteiger partial charge in [0.25, 0.3) is 5.56 Å². The zero-order chi connectivity index (χ0) is 14.0. The summed E-state index contributed by atoms with van der Waals surface area (Å²) in [5, 5.41) is 0. The molecule has 0 aromatic carbocycles. The molecule has 0 saturated carbocycles. The van der Waals surface area contributed by atoms with Gasteiger partial charge in [-0.2, -0.15) is 0 Å². The van der Waals surface area contributed by atoms with Gasteiger partial charge >= 0.3 is 5.69 Å². The molecule has 5 nitrogen and oxygen atoms in total. The van der Waals surface area contributed by atoms with Crippen molar-refractivity contribution in [2.45, 2.75) is 19.9 Å². The number of carbonyl (C=O) groups excluding carboxylic acids is 1. The molecular formula is C12H11ClN2O3S. The van der Waals surface area contributed by atoms with Crippen molar-refractivity contribution in [3.05, 3.63) is 53.9 Å². The lowest BCUT2D eigenvalue weighted by Crippen LogP contribution is -2.38. The molecule has 0 spiro atoms. The number of nitrogens with zero attached hydrogens (tertiary/aromatic N) is 1. The molecule has 2 aromatic heterocycles. The summed E-state index contributed by atoms with van der Waals surface area (Å²) in [6.45, 7) is 1.50. The first kappa shape index (κ1) is 13.8. The summed E-state index contributed by atoms with van der Waals surface area (Å²) in [6, 6.07) is 3.61. The van der Waals surface area contributed by atoms with Crippen LogP contribution in [0.3, 0.4) is 0 Å². The van der Waals surface area contributed by atoms with Gasteiger partial charge in [-0.25, -0.2) is 4.79 Å². The number of halogens is 1. The van der Waals surface area contributed by atoms with E-state index in [1.54, 1.807) is 6.07 Å². The Balaban J connectivity index is 2.30. The van der Waals surface area contributed by atoms with E-state index in [0.29, 0.717) is 10.8 Å². The third-order valence-electron chi connectivity index (χ3n) is 2.65. The molecule has 0 amide bonds. The van der Waals surface area contributed by atoms with Crippen LogP contribution >= 0.6 is 22.9 Å². The third kappa shape index (κ3) is 3.02. The number of hydrogen-bond donors (Lipinski definition) is 1. The fourth-order valence-electron chi connectivity index (χ4n) is 1.67. The van der Waals surface area contributed by atoms with Gasteiger partial charge in [0.05, 0.1) is 9.90 Å². The Kier molecular flexibility index (Phi) is 4.01. The maximum Gasteiger partial charge on any atom is 0.328 e. The van der Waals surface area contributed by atoms with E-state index in [0.717, 1.165) is 15.6 Å². The van der Waals surface area contributed by atoms with Crippen LogP contribution in [0.4, 0.5) is 0 Å². The Morgan fingerprint density at radius 1 is 1.42 bits per heavy atom. The minimum Gasteiger partial charge on any atom is -0.313 e. The summed E-state index contributed by atoms with van der Waals surface area (Å²) in [7, 11) is 0. The van der Waals surface area contributed by atoms with Gasteiger partial charge in [-0.3, -0.25) is 14.2 Å². The van der Waals surface area contributed by atoms with Crippen LogP contribution in [0.1, 0.15) is 22.2 Å². The van der Waals surface area contributed by atoms with Crippen LogP contribution in [-0.4, -0.2) is 15.3 Å². The lowest BCUT2D eigenvalue weighted by atomic mass is 10.2. The smallest absolute Gasteiger partial charge is 0.313 e. The Hall–Kier alpha value is -1.66. The van der Waals surface area contributed by atoms with E-state index in [1.165, 1.54) is 18.3 Å². The highest BCUT2D eigenvalue weighted by Gasteiger charge is 2.11. The van der Waals surface area contributed by atoms with Crippen molar-refractivity contribution in [3.8, 4) is 0 Å². The van der Waals surface area contributed by atoms with Crippen LogP contribution in [0, 0.1) is 0 Å². The second kappa shape index (κ2) is 5.54. The largest absolute Gasteiger partial charge is 0.328 e. The fourth-order valence-corrected chi connectivity index (χ4v) is 2.75. The highest BCUT2D eigenvalue weighted by Crippen LogP contribution is 2.21. The van der Waals surface area contributed by atoms with E-state index >= 15 is 0 Å². The number of ketones is 1. The summed E-state index contributed by atoms with van der Waals surface area (Å²) in [6.07, 6.45) is 1.67. The van der Waals surface area contributed by atoms with Crippen molar-refractivity contribution in [1.29, 1.82) is 0 Å². The quantitative estimate of drug-likeness (QED) is 0.873. The number of aromatic amines is 1. The van der Waals surface area contributed by atoms with Gasteiger partial charge in [0, 0.05) is 24.0 Å². The number of aryl methyl sites for hydroxylation is 1. The summed E-state index contributed by atoms with van der Waals surface area (Å²) in [5.74, 6) is -0.367. The molecule has 0 saturated heterocycles. The average molecular weight is 299 g/mol. The number of thiophene rings is 1. The highest BCUT2D eigenvalue weighted by atomic mass is 35.5. The summed E-state index contributed by atoms with van der Waals surface area (Å²) < 4.78 is 1.69. The second-order valence-electron chi connectivity index (χ2n) is 3.98.